The average Bonchev–Trinajstić information content (AvgIpc) is 0.884. The molecule has 0 aromatic heterocycles. The Bertz CT molecular complexity index is 4840. The highest BCUT2D eigenvalue weighted by Gasteiger charge is 2.28. The predicted octanol–water partition coefficient (Wildman–Crippen LogP) is 14.7. The fourth-order valence-electron chi connectivity index (χ4n) is 8.53. The summed E-state index contributed by atoms with van der Waals surface area (Å²) in [5.74, 6) is -4.62. The number of alkyl halides is 2. The number of para-hydroxylation sites is 2. The van der Waals surface area contributed by atoms with Gasteiger partial charge in [0, 0.05) is 45.5 Å². The number of hydrogen-bond donors (Lipinski definition) is 8. The molecule has 8 amide bonds. The molecule has 0 saturated carbocycles. The van der Waals surface area contributed by atoms with Gasteiger partial charge >= 0.3 is 0 Å². The number of ether oxygens (including phenoxy) is 2. The predicted molar refractivity (Wildman–Crippen MR) is 391 cm³/mol. The van der Waals surface area contributed by atoms with Crippen LogP contribution in [0.25, 0.3) is 0 Å². The van der Waals surface area contributed by atoms with Crippen LogP contribution in [0.1, 0.15) is 46.7 Å². The number of nitriles is 5. The second-order valence-corrected chi connectivity index (χ2v) is 22.4. The summed E-state index contributed by atoms with van der Waals surface area (Å²) in [5.41, 5.74) is 6.46. The van der Waals surface area contributed by atoms with Crippen LogP contribution in [0.3, 0.4) is 0 Å². The Morgan fingerprint density at radius 3 is 0.895 bits per heavy atom. The average molecular weight is 1420 g/mol. The van der Waals surface area contributed by atoms with Gasteiger partial charge in [-0.05, 0) is 214 Å². The molecular weight excluding hydrogens is 1360 g/mol. The van der Waals surface area contributed by atoms with Crippen LogP contribution in [0, 0.1) is 69.5 Å². The van der Waals surface area contributed by atoms with Gasteiger partial charge in [0.05, 0.1) is 57.1 Å². The molecule has 0 spiro atoms. The highest BCUT2D eigenvalue weighted by molar-refractivity contribution is 6.32. The first kappa shape index (κ1) is 77.5. The molecule has 0 heterocycles. The van der Waals surface area contributed by atoms with Gasteiger partial charge in [-0.1, -0.05) is 65.7 Å². The molecule has 26 heteroatoms. The van der Waals surface area contributed by atoms with E-state index in [0.29, 0.717) is 90.6 Å². The van der Waals surface area contributed by atoms with E-state index in [-0.39, 0.29) is 17.1 Å². The van der Waals surface area contributed by atoms with Gasteiger partial charge in [0.15, 0.2) is 0 Å². The van der Waals surface area contributed by atoms with E-state index in [1.807, 2.05) is 85.8 Å². The van der Waals surface area contributed by atoms with Crippen molar-refractivity contribution >= 4 is 104 Å². The van der Waals surface area contributed by atoms with Crippen molar-refractivity contribution in [3.8, 4) is 53.3 Å². The third-order valence-electron chi connectivity index (χ3n) is 14.1. The summed E-state index contributed by atoms with van der Waals surface area (Å²) in [5, 5.41) is 63.7. The maximum absolute atomic E-state index is 14.2. The molecule has 10 aromatic rings. The van der Waals surface area contributed by atoms with Crippen molar-refractivity contribution in [3.63, 3.8) is 0 Å². The van der Waals surface area contributed by atoms with Gasteiger partial charge in [0.1, 0.15) is 41.4 Å². The molecule has 0 aliphatic heterocycles. The lowest BCUT2D eigenvalue weighted by Crippen LogP contribution is -2.35. The van der Waals surface area contributed by atoms with Crippen molar-refractivity contribution < 1.29 is 56.6 Å². The molecule has 105 heavy (non-hydrogen) atoms. The van der Waals surface area contributed by atoms with E-state index >= 15 is 0 Å². The van der Waals surface area contributed by atoms with Crippen LogP contribution in [0.5, 0.6) is 23.0 Å². The standard InChI is InChI=1S/C22H16FN3O3.C22H19FN2O3.C18H14N4O2.C17H11ClN4O2/c23-20(21(27)25-16-8-6-15(14-24)7-9-16)22(28)26-17-10-12-19(13-11-17)29-18-4-2-1-3-5-18;1-15-7-9-16(10-8-15)24-21(26)20(23)22(27)25-17-11-13-19(14-12-17)28-18-5-3-2-4-6-18;1-12(17(23)21-15-6-2-13(10-19)3-7-15)18(24)22-16-8-4-14(11-20)5-9-16;18-15-7-14(6-3-12(15)10-20)22-17(24)8-16(23)21-13-4-1-11(9-19)2-5-13/h1-13,20H,(H,25,27)(H,26,28);2-14,20H,1H3,(H,24,26)(H,25,27);2-9,12H,1H3,(H,21,23)(H,22,24);1-7H,8H2,(H,21,23)(H,22,24). The Labute approximate surface area is 605 Å². The summed E-state index contributed by atoms with van der Waals surface area (Å²) in [6, 6.07) is 77.1. The van der Waals surface area contributed by atoms with Gasteiger partial charge in [-0.2, -0.15) is 26.3 Å². The lowest BCUT2D eigenvalue weighted by Gasteiger charge is -2.13. The van der Waals surface area contributed by atoms with Crippen LogP contribution >= 0.6 is 11.6 Å². The van der Waals surface area contributed by atoms with Crippen LogP contribution in [-0.2, 0) is 38.4 Å². The molecule has 10 rings (SSSR count). The highest BCUT2D eigenvalue weighted by Crippen LogP contribution is 2.26. The van der Waals surface area contributed by atoms with Crippen LogP contribution < -0.4 is 52.0 Å². The number of hydrogen-bond acceptors (Lipinski definition) is 15. The molecule has 0 aliphatic carbocycles. The molecule has 0 bridgehead atoms. The van der Waals surface area contributed by atoms with E-state index in [2.05, 4.69) is 42.5 Å². The zero-order valence-corrected chi connectivity index (χ0v) is 56.3. The molecule has 0 fully saturated rings. The topological polar surface area (TPSA) is 370 Å². The molecule has 0 aliphatic rings. The minimum absolute atomic E-state index is 0.220. The first-order valence-electron chi connectivity index (χ1n) is 31.3. The number of carbonyl (C=O) groups excluding carboxylic acids is 8. The molecule has 2 atom stereocenters. The monoisotopic (exact) mass is 1420 g/mol. The number of amides is 8. The molecule has 0 saturated heterocycles. The van der Waals surface area contributed by atoms with E-state index < -0.39 is 65.5 Å². The number of nitrogens with one attached hydrogen (secondary N) is 8. The Balaban J connectivity index is 0.000000196. The van der Waals surface area contributed by atoms with E-state index in [0.717, 1.165) is 5.56 Å². The molecule has 0 radical (unpaired) electrons. The van der Waals surface area contributed by atoms with E-state index in [1.165, 1.54) is 49.4 Å². The Morgan fingerprint density at radius 1 is 0.343 bits per heavy atom. The van der Waals surface area contributed by atoms with Crippen molar-refractivity contribution in [2.24, 2.45) is 5.92 Å². The minimum Gasteiger partial charge on any atom is -0.457 e. The van der Waals surface area contributed by atoms with Crippen molar-refractivity contribution in [1.82, 2.24) is 0 Å². The SMILES string of the molecule is CC(C(=O)Nc1ccc(C#N)cc1)C(=O)Nc1ccc(C#N)cc1.Cc1ccc(NC(=O)C(F)C(=O)Nc2ccc(Oc3ccccc3)cc2)cc1.N#Cc1ccc(NC(=O)C(F)C(=O)Nc2ccc(Oc3ccccc3)cc2)cc1.N#Cc1ccc(NC(=O)CC(=O)Nc2ccc(C#N)c(Cl)c2)cc1. The maximum atomic E-state index is 14.2. The Hall–Kier alpha value is -14.8. The first-order valence-corrected chi connectivity index (χ1v) is 31.6. The summed E-state index contributed by atoms with van der Waals surface area (Å²) in [6.45, 7) is 3.39. The number of carbonyl (C=O) groups is 8. The maximum Gasteiger partial charge on any atom is 0.268 e. The lowest BCUT2D eigenvalue weighted by molar-refractivity contribution is -0.132. The van der Waals surface area contributed by atoms with Crippen LogP contribution in [0.15, 0.2) is 249 Å². The van der Waals surface area contributed by atoms with Gasteiger partial charge in [-0.25, -0.2) is 8.78 Å². The number of halogens is 3. The number of nitrogens with zero attached hydrogens (tertiary/aromatic N) is 5. The summed E-state index contributed by atoms with van der Waals surface area (Å²) in [6.07, 6.45) is -5.11. The van der Waals surface area contributed by atoms with Crippen LogP contribution in [0.2, 0.25) is 5.02 Å². The quantitative estimate of drug-likeness (QED) is 0.0329. The summed E-state index contributed by atoms with van der Waals surface area (Å²) in [4.78, 5) is 95.8. The largest absolute Gasteiger partial charge is 0.457 e. The fourth-order valence-corrected chi connectivity index (χ4v) is 8.75. The number of benzene rings is 10. The second kappa shape index (κ2) is 39.7. The third kappa shape index (κ3) is 25.8. The molecular formula is C79H60ClF2N13O10. The van der Waals surface area contributed by atoms with E-state index in [9.17, 15) is 47.1 Å². The number of rotatable bonds is 20. The molecule has 23 nitrogen and oxygen atoms in total. The van der Waals surface area contributed by atoms with Crippen molar-refractivity contribution in [2.75, 3.05) is 42.5 Å². The van der Waals surface area contributed by atoms with Crippen molar-refractivity contribution in [3.05, 3.63) is 287 Å². The van der Waals surface area contributed by atoms with Crippen LogP contribution in [-0.4, -0.2) is 59.6 Å². The minimum atomic E-state index is -2.40. The van der Waals surface area contributed by atoms with Crippen molar-refractivity contribution in [1.29, 1.82) is 26.3 Å². The molecule has 522 valence electrons. The highest BCUT2D eigenvalue weighted by atomic mass is 35.5. The summed E-state index contributed by atoms with van der Waals surface area (Å²) >= 11 is 5.87. The molecule has 2 unspecified atom stereocenters. The number of aryl methyl sites for hydroxylation is 1. The Kier molecular flexibility index (Phi) is 29.3. The second-order valence-electron chi connectivity index (χ2n) is 22.0. The summed E-state index contributed by atoms with van der Waals surface area (Å²) in [7, 11) is 0. The molecule has 10 aromatic carbocycles. The summed E-state index contributed by atoms with van der Waals surface area (Å²) < 4.78 is 39.6. The first-order chi connectivity index (χ1) is 50.6. The van der Waals surface area contributed by atoms with Gasteiger partial charge < -0.3 is 52.0 Å². The van der Waals surface area contributed by atoms with E-state index in [1.54, 1.807) is 158 Å². The van der Waals surface area contributed by atoms with Gasteiger partial charge in [-0.15, -0.1) is 0 Å². The van der Waals surface area contributed by atoms with E-state index in [4.69, 9.17) is 47.4 Å². The van der Waals surface area contributed by atoms with Crippen molar-refractivity contribution in [2.45, 2.75) is 32.6 Å². The zero-order valence-electron chi connectivity index (χ0n) is 55.6. The van der Waals surface area contributed by atoms with Gasteiger partial charge in [0.2, 0.25) is 23.6 Å². The lowest BCUT2D eigenvalue weighted by atomic mass is 10.1. The van der Waals surface area contributed by atoms with Gasteiger partial charge in [-0.3, -0.25) is 38.4 Å². The van der Waals surface area contributed by atoms with Crippen LogP contribution in [0.4, 0.5) is 54.3 Å². The van der Waals surface area contributed by atoms with Gasteiger partial charge in [0.25, 0.3) is 36.0 Å². The third-order valence-corrected chi connectivity index (χ3v) is 14.4. The Morgan fingerprint density at radius 2 is 0.600 bits per heavy atom. The normalized spacial score (nSPS) is 10.4. The zero-order chi connectivity index (χ0) is 75.6. The smallest absolute Gasteiger partial charge is 0.268 e. The molecule has 8 N–H and O–H groups in total. The fraction of sp³-hybridized carbons (Fsp3) is 0.0759. The number of anilines is 8.